The number of carbonyl (C=O) groups excluding carboxylic acids is 2. The molecule has 9 heteroatoms. The predicted octanol–water partition coefficient (Wildman–Crippen LogP) is 5.80. The molecule has 2 saturated heterocycles. The maximum Gasteiger partial charge on any atom is 0.471 e. The zero-order valence-electron chi connectivity index (χ0n) is 21.0. The molecule has 0 aromatic heterocycles. The van der Waals surface area contributed by atoms with Crippen LogP contribution in [0, 0.1) is 0 Å². The van der Waals surface area contributed by atoms with Crippen molar-refractivity contribution in [3.63, 3.8) is 0 Å². The third-order valence-corrected chi connectivity index (χ3v) is 7.68. The van der Waals surface area contributed by atoms with Crippen molar-refractivity contribution in [2.24, 2.45) is 0 Å². The Morgan fingerprint density at radius 2 is 1.84 bits per heavy atom. The molecule has 2 bridgehead atoms. The first-order valence-electron chi connectivity index (χ1n) is 12.6. The van der Waals surface area contributed by atoms with Gasteiger partial charge in [-0.25, -0.2) is 0 Å². The van der Waals surface area contributed by atoms with Crippen LogP contribution in [-0.2, 0) is 4.79 Å². The first kappa shape index (κ1) is 25.2. The van der Waals surface area contributed by atoms with Crippen LogP contribution in [-0.4, -0.2) is 60.1 Å². The van der Waals surface area contributed by atoms with Crippen LogP contribution in [0.4, 0.5) is 13.2 Å². The Hall–Kier alpha value is -3.49. The topological polar surface area (TPSA) is 59.1 Å². The van der Waals surface area contributed by atoms with E-state index in [1.807, 2.05) is 26.0 Å². The minimum atomic E-state index is -4.93. The number of amides is 2. The number of para-hydroxylation sites is 1. The van der Waals surface area contributed by atoms with E-state index in [9.17, 15) is 22.8 Å². The second-order valence-electron chi connectivity index (χ2n) is 9.52. The maximum atomic E-state index is 13.5. The molecule has 0 N–H and O–H groups in total. The lowest BCUT2D eigenvalue weighted by Gasteiger charge is -2.39. The van der Waals surface area contributed by atoms with E-state index in [0.717, 1.165) is 16.0 Å². The Balaban J connectivity index is 1.69. The van der Waals surface area contributed by atoms with Crippen LogP contribution in [0.1, 0.15) is 61.0 Å². The van der Waals surface area contributed by atoms with E-state index in [4.69, 9.17) is 9.47 Å². The van der Waals surface area contributed by atoms with Gasteiger partial charge in [-0.15, -0.1) is 0 Å². The van der Waals surface area contributed by atoms with Crippen molar-refractivity contribution in [1.29, 1.82) is 0 Å². The van der Waals surface area contributed by atoms with Crippen molar-refractivity contribution in [2.45, 2.75) is 57.8 Å². The highest BCUT2D eigenvalue weighted by Crippen LogP contribution is 2.53. The van der Waals surface area contributed by atoms with E-state index in [1.54, 1.807) is 29.2 Å². The van der Waals surface area contributed by atoms with E-state index in [1.165, 1.54) is 7.11 Å². The summed E-state index contributed by atoms with van der Waals surface area (Å²) in [6.07, 6.45) is -2.88. The molecule has 0 aliphatic carbocycles. The van der Waals surface area contributed by atoms with Gasteiger partial charge in [-0.3, -0.25) is 9.59 Å². The Morgan fingerprint density at radius 1 is 1.08 bits per heavy atom. The number of alkyl halides is 3. The van der Waals surface area contributed by atoms with E-state index >= 15 is 0 Å². The summed E-state index contributed by atoms with van der Waals surface area (Å²) in [5, 5.41) is 0. The monoisotopic (exact) mass is 514 g/mol. The Morgan fingerprint density at radius 3 is 2.51 bits per heavy atom. The summed E-state index contributed by atoms with van der Waals surface area (Å²) in [5.41, 5.74) is 3.39. The van der Waals surface area contributed by atoms with Crippen molar-refractivity contribution >= 4 is 17.4 Å². The zero-order valence-corrected chi connectivity index (χ0v) is 21.0. The number of rotatable bonds is 4. The summed E-state index contributed by atoms with van der Waals surface area (Å²) in [6.45, 7) is 4.94. The minimum Gasteiger partial charge on any atom is -0.493 e. The van der Waals surface area contributed by atoms with Gasteiger partial charge in [-0.1, -0.05) is 12.1 Å². The van der Waals surface area contributed by atoms with Gasteiger partial charge in [0.1, 0.15) is 5.75 Å². The maximum absolute atomic E-state index is 13.5. The van der Waals surface area contributed by atoms with E-state index in [-0.39, 0.29) is 5.91 Å². The fraction of sp³-hybridized carbons (Fsp3) is 0.429. The van der Waals surface area contributed by atoms with Crippen LogP contribution in [0.3, 0.4) is 0 Å². The third-order valence-electron chi connectivity index (χ3n) is 7.68. The summed E-state index contributed by atoms with van der Waals surface area (Å²) in [6, 6.07) is 9.57. The summed E-state index contributed by atoms with van der Waals surface area (Å²) < 4.78 is 52.4. The van der Waals surface area contributed by atoms with Crippen molar-refractivity contribution in [1.82, 2.24) is 9.80 Å². The van der Waals surface area contributed by atoms with Crippen molar-refractivity contribution in [3.8, 4) is 17.2 Å². The van der Waals surface area contributed by atoms with Gasteiger partial charge in [0.2, 0.25) is 0 Å². The fourth-order valence-electron chi connectivity index (χ4n) is 5.96. The van der Waals surface area contributed by atoms with E-state index in [2.05, 4.69) is 0 Å². The van der Waals surface area contributed by atoms with Crippen molar-refractivity contribution < 1.29 is 32.2 Å². The Labute approximate surface area is 213 Å². The summed E-state index contributed by atoms with van der Waals surface area (Å²) in [5.74, 6) is -0.552. The first-order valence-corrected chi connectivity index (χ1v) is 12.6. The highest BCUT2D eigenvalue weighted by molar-refractivity contribution is 5.98. The summed E-state index contributed by atoms with van der Waals surface area (Å²) in [7, 11) is 1.52. The molecule has 6 nitrogen and oxygen atoms in total. The molecule has 3 aliphatic rings. The first-order chi connectivity index (χ1) is 17.7. The number of carbonyl (C=O) groups is 2. The average molecular weight is 515 g/mol. The van der Waals surface area contributed by atoms with Crippen LogP contribution < -0.4 is 9.47 Å². The number of halogens is 3. The molecule has 3 aliphatic heterocycles. The molecular formula is C28H29F3N2O4. The number of piperidine rings is 1. The van der Waals surface area contributed by atoms with Crippen molar-refractivity contribution in [3.05, 3.63) is 58.7 Å². The molecule has 5 rings (SSSR count). The molecule has 2 aromatic carbocycles. The van der Waals surface area contributed by atoms with Gasteiger partial charge in [-0.2, -0.15) is 13.2 Å². The fourth-order valence-corrected chi connectivity index (χ4v) is 5.96. The van der Waals surface area contributed by atoms with E-state index in [0.29, 0.717) is 72.7 Å². The van der Waals surface area contributed by atoms with E-state index < -0.39 is 24.2 Å². The van der Waals surface area contributed by atoms with Gasteiger partial charge < -0.3 is 19.3 Å². The molecule has 2 amide bonds. The molecule has 0 spiro atoms. The normalized spacial score (nSPS) is 22.2. The highest BCUT2D eigenvalue weighted by Gasteiger charge is 2.52. The number of benzene rings is 2. The zero-order chi connectivity index (χ0) is 26.5. The molecular weight excluding hydrogens is 485 g/mol. The van der Waals surface area contributed by atoms with Gasteiger partial charge in [0.05, 0.1) is 13.2 Å². The highest BCUT2D eigenvalue weighted by atomic mass is 19.4. The predicted molar refractivity (Wildman–Crippen MR) is 132 cm³/mol. The second-order valence-corrected chi connectivity index (χ2v) is 9.52. The molecule has 37 heavy (non-hydrogen) atoms. The second kappa shape index (κ2) is 9.43. The van der Waals surface area contributed by atoms with Crippen LogP contribution in [0.25, 0.3) is 5.57 Å². The summed E-state index contributed by atoms with van der Waals surface area (Å²) >= 11 is 0. The van der Waals surface area contributed by atoms with Gasteiger partial charge in [-0.05, 0) is 74.9 Å². The lowest BCUT2D eigenvalue weighted by Crippen LogP contribution is -2.50. The number of fused-ring (bicyclic) bond motifs is 4. The molecule has 0 radical (unpaired) electrons. The van der Waals surface area contributed by atoms with Crippen LogP contribution >= 0.6 is 0 Å². The molecule has 196 valence electrons. The molecule has 2 aromatic rings. The smallest absolute Gasteiger partial charge is 0.471 e. The van der Waals surface area contributed by atoms with Gasteiger partial charge in [0, 0.05) is 35.8 Å². The lowest BCUT2D eigenvalue weighted by atomic mass is 9.83. The number of hydrogen-bond acceptors (Lipinski definition) is 4. The summed E-state index contributed by atoms with van der Waals surface area (Å²) in [4.78, 5) is 28.2. The molecule has 2 unspecified atom stereocenters. The van der Waals surface area contributed by atoms with Crippen LogP contribution in [0.5, 0.6) is 17.2 Å². The lowest BCUT2D eigenvalue weighted by molar-refractivity contribution is -0.188. The number of hydrogen-bond donors (Lipinski definition) is 0. The number of methoxy groups -OCH3 is 1. The SMILES string of the molecule is CCN(CC)C(=O)c1ccc2c(c1)Oc1c(OC)cccc1C2=C1CCC2CCC1N2C(=O)C(F)(F)F. The largest absolute Gasteiger partial charge is 0.493 e. The quantitative estimate of drug-likeness (QED) is 0.442. The number of nitrogens with zero attached hydrogens (tertiary/aromatic N) is 2. The molecule has 0 saturated carbocycles. The molecule has 3 heterocycles. The third kappa shape index (κ3) is 4.14. The molecule has 2 atom stereocenters. The standard InChI is InChI=1S/C28H29F3N2O4/c1-4-32(5-2)26(34)16-9-12-19-23(15-16)37-25-20(7-6-8-22(25)36-3)24(19)18-13-10-17-11-14-21(18)33(17)27(35)28(29,30)31/h6-9,12,15,17,21H,4-5,10-11,13-14H2,1-3H3. The van der Waals surface area contributed by atoms with Gasteiger partial charge >= 0.3 is 12.1 Å². The Bertz CT molecular complexity index is 1280. The Kier molecular flexibility index (Phi) is 6.41. The molecule has 2 fully saturated rings. The average Bonchev–Trinajstić information content (AvgIpc) is 3.19. The minimum absolute atomic E-state index is 0.130. The van der Waals surface area contributed by atoms with Gasteiger partial charge in [0.15, 0.2) is 11.5 Å². The van der Waals surface area contributed by atoms with Crippen LogP contribution in [0.2, 0.25) is 0 Å². The number of ether oxygens (including phenoxy) is 2. The van der Waals surface area contributed by atoms with Gasteiger partial charge in [0.25, 0.3) is 5.91 Å². The van der Waals surface area contributed by atoms with Crippen molar-refractivity contribution in [2.75, 3.05) is 20.2 Å². The van der Waals surface area contributed by atoms with Crippen LogP contribution in [0.15, 0.2) is 42.0 Å².